The Kier molecular flexibility index (Phi) is 11.1. The second-order valence-electron chi connectivity index (χ2n) is 21.0. The monoisotopic (exact) mass is 1060 g/mol. The van der Waals surface area contributed by atoms with Gasteiger partial charge in [0.2, 0.25) is 0 Å². The molecule has 0 fully saturated rings. The van der Waals surface area contributed by atoms with E-state index in [1.165, 1.54) is 21.5 Å². The fourth-order valence-electron chi connectivity index (χ4n) is 12.6. The molecule has 0 N–H and O–H groups in total. The largest absolute Gasteiger partial charge is 0.309 e. The number of hydrogen-bond acceptors (Lipinski definition) is 4. The van der Waals surface area contributed by atoms with E-state index in [4.69, 9.17) is 15.0 Å². The molecule has 0 amide bonds. The minimum atomic E-state index is 0.546. The zero-order chi connectivity index (χ0) is 55.0. The van der Waals surface area contributed by atoms with Crippen LogP contribution in [-0.2, 0) is 0 Å². The lowest BCUT2D eigenvalue weighted by atomic mass is 9.90. The predicted molar refractivity (Wildman–Crippen MR) is 340 cm³/mol. The molecule has 4 heterocycles. The molecule has 0 saturated carbocycles. The highest BCUT2D eigenvalue weighted by atomic mass is 15.0. The van der Waals surface area contributed by atoms with E-state index < -0.39 is 0 Å². The number of nitrogens with zero attached hydrogens (tertiary/aromatic N) is 7. The number of aromatic nitrogens is 6. The van der Waals surface area contributed by atoms with Crippen LogP contribution >= 0.6 is 0 Å². The van der Waals surface area contributed by atoms with Crippen LogP contribution in [0, 0.1) is 11.3 Å². The van der Waals surface area contributed by atoms with Crippen LogP contribution in [0.2, 0.25) is 0 Å². The first kappa shape index (κ1) is 47.5. The van der Waals surface area contributed by atoms with Crippen molar-refractivity contribution < 1.29 is 0 Å². The van der Waals surface area contributed by atoms with Gasteiger partial charge in [-0.15, -0.1) is 0 Å². The quantitative estimate of drug-likeness (QED) is 0.144. The Morgan fingerprint density at radius 1 is 0.253 bits per heavy atom. The van der Waals surface area contributed by atoms with E-state index in [0.29, 0.717) is 23.0 Å². The van der Waals surface area contributed by atoms with Crippen LogP contribution in [0.5, 0.6) is 0 Å². The molecule has 0 aliphatic rings. The van der Waals surface area contributed by atoms with Crippen LogP contribution in [0.3, 0.4) is 0 Å². The van der Waals surface area contributed by atoms with Gasteiger partial charge in [-0.25, -0.2) is 15.0 Å². The third-order valence-electron chi connectivity index (χ3n) is 16.3. The Hall–Kier alpha value is -11.5. The highest BCUT2D eigenvalue weighted by Gasteiger charge is 2.28. The summed E-state index contributed by atoms with van der Waals surface area (Å²) < 4.78 is 7.36. The molecule has 0 bridgehead atoms. The van der Waals surface area contributed by atoms with Crippen LogP contribution in [0.25, 0.3) is 150 Å². The maximum Gasteiger partial charge on any atom is 0.164 e. The van der Waals surface area contributed by atoms with Gasteiger partial charge in [0.05, 0.1) is 61.8 Å². The van der Waals surface area contributed by atoms with Crippen LogP contribution in [0.4, 0.5) is 0 Å². The van der Waals surface area contributed by atoms with Gasteiger partial charge in [0.15, 0.2) is 17.5 Å². The van der Waals surface area contributed by atoms with E-state index in [0.717, 1.165) is 111 Å². The van der Waals surface area contributed by atoms with Gasteiger partial charge >= 0.3 is 0 Å². The zero-order valence-corrected chi connectivity index (χ0v) is 44.8. The summed E-state index contributed by atoms with van der Waals surface area (Å²) in [6.45, 7) is 0. The van der Waals surface area contributed by atoms with E-state index in [-0.39, 0.29) is 0 Å². The molecule has 0 aliphatic heterocycles. The molecule has 7 nitrogen and oxygen atoms in total. The highest BCUT2D eigenvalue weighted by molar-refractivity contribution is 6.14. The molecule has 0 atom stereocenters. The van der Waals surface area contributed by atoms with E-state index in [9.17, 15) is 5.26 Å². The second kappa shape index (κ2) is 19.4. The fourth-order valence-corrected chi connectivity index (χ4v) is 12.6. The Morgan fingerprint density at radius 3 is 1.05 bits per heavy atom. The van der Waals surface area contributed by atoms with Crippen LogP contribution in [0.15, 0.2) is 285 Å². The molecule has 16 rings (SSSR count). The Bertz CT molecular complexity index is 4930. The maximum atomic E-state index is 9.74. The van der Waals surface area contributed by atoms with Gasteiger partial charge in [-0.05, 0) is 90.0 Å². The van der Waals surface area contributed by atoms with Gasteiger partial charge in [0.25, 0.3) is 0 Å². The van der Waals surface area contributed by atoms with E-state index in [1.54, 1.807) is 0 Å². The van der Waals surface area contributed by atoms with Crippen molar-refractivity contribution >= 4 is 65.4 Å². The van der Waals surface area contributed by atoms with Crippen molar-refractivity contribution in [3.05, 3.63) is 291 Å². The lowest BCUT2D eigenvalue weighted by molar-refractivity contribution is 1.07. The summed E-state index contributed by atoms with van der Waals surface area (Å²) in [7, 11) is 0. The summed E-state index contributed by atoms with van der Waals surface area (Å²) >= 11 is 0. The molecule has 0 unspecified atom stereocenters. The van der Waals surface area contributed by atoms with Gasteiger partial charge in [0, 0.05) is 71.3 Å². The third kappa shape index (κ3) is 7.77. The van der Waals surface area contributed by atoms with Crippen LogP contribution in [0.1, 0.15) is 5.56 Å². The molecule has 0 aliphatic carbocycles. The Labute approximate surface area is 478 Å². The molecule has 0 saturated heterocycles. The molecule has 0 spiro atoms. The first-order chi connectivity index (χ1) is 41.1. The fraction of sp³-hybridized carbons (Fsp3) is 0. The van der Waals surface area contributed by atoms with Gasteiger partial charge in [-0.1, -0.05) is 206 Å². The smallest absolute Gasteiger partial charge is 0.164 e. The molecule has 4 aromatic heterocycles. The van der Waals surface area contributed by atoms with Crippen LogP contribution in [-0.4, -0.2) is 28.7 Å². The van der Waals surface area contributed by atoms with Gasteiger partial charge in [-0.3, -0.25) is 0 Å². The van der Waals surface area contributed by atoms with Gasteiger partial charge < -0.3 is 13.7 Å². The normalized spacial score (nSPS) is 11.6. The van der Waals surface area contributed by atoms with Crippen molar-refractivity contribution in [3.63, 3.8) is 0 Å². The number of hydrogen-bond donors (Lipinski definition) is 0. The molecule has 0 radical (unpaired) electrons. The second-order valence-corrected chi connectivity index (χ2v) is 21.0. The van der Waals surface area contributed by atoms with Crippen LogP contribution < -0.4 is 0 Å². The summed E-state index contributed by atoms with van der Waals surface area (Å²) in [5, 5.41) is 16.7. The van der Waals surface area contributed by atoms with Crippen molar-refractivity contribution in [2.24, 2.45) is 0 Å². The van der Waals surface area contributed by atoms with Crippen molar-refractivity contribution in [1.29, 1.82) is 5.26 Å². The molecular weight excluding hydrogens is 1010 g/mol. The predicted octanol–water partition coefficient (Wildman–Crippen LogP) is 19.0. The summed E-state index contributed by atoms with van der Waals surface area (Å²) in [5.74, 6) is 1.71. The van der Waals surface area contributed by atoms with Crippen molar-refractivity contribution in [2.75, 3.05) is 0 Å². The standard InChI is InChI=1S/C76H47N7/c77-48-49-39-41-50(42-40-49)53-43-44-72-62(45-53)59-29-11-20-38-71(59)83(72)73-63(60-30-12-18-36-69(60)81-65-32-14-7-25-55(65)56-26-8-15-33-66(56)81)46-54(76-79-74(51-21-3-1-4-22-51)78-75(80-76)52-23-5-2-6-24-52)47-64(73)61-31-13-19-37-70(61)82-67-34-16-9-27-57(67)58-28-10-17-35-68(58)82/h1-47H. The van der Waals surface area contributed by atoms with E-state index in [2.05, 4.69) is 244 Å². The summed E-state index contributed by atoms with van der Waals surface area (Å²) in [5.41, 5.74) is 18.9. The Morgan fingerprint density at radius 2 is 0.602 bits per heavy atom. The van der Waals surface area contributed by atoms with Gasteiger partial charge in [-0.2, -0.15) is 5.26 Å². The molecule has 12 aromatic carbocycles. The minimum absolute atomic E-state index is 0.546. The first-order valence-electron chi connectivity index (χ1n) is 27.9. The minimum Gasteiger partial charge on any atom is -0.309 e. The number of fused-ring (bicyclic) bond motifs is 9. The molecule has 83 heavy (non-hydrogen) atoms. The number of benzene rings is 12. The first-order valence-corrected chi connectivity index (χ1v) is 27.9. The van der Waals surface area contributed by atoms with Crippen molar-refractivity contribution in [2.45, 2.75) is 0 Å². The highest BCUT2D eigenvalue weighted by Crippen LogP contribution is 2.48. The average molecular weight is 1060 g/mol. The summed E-state index contributed by atoms with van der Waals surface area (Å²) in [4.78, 5) is 16.1. The summed E-state index contributed by atoms with van der Waals surface area (Å²) in [6, 6.07) is 103. The molecule has 386 valence electrons. The van der Waals surface area contributed by atoms with E-state index >= 15 is 0 Å². The Balaban J connectivity index is 1.09. The number of nitriles is 1. The van der Waals surface area contributed by atoms with Gasteiger partial charge in [0.1, 0.15) is 0 Å². The summed E-state index contributed by atoms with van der Waals surface area (Å²) in [6.07, 6.45) is 0. The molecule has 16 aromatic rings. The molecule has 7 heteroatoms. The number of rotatable bonds is 9. The SMILES string of the molecule is N#Cc1ccc(-c2ccc3c(c2)c2ccccc2n3-c2c(-c3ccccc3-n3c4ccccc4c4ccccc43)cc(-c3nc(-c4ccccc4)nc(-c4ccccc4)n3)cc2-c2ccccc2-n2c3ccccc3c3ccccc32)cc1. The topological polar surface area (TPSA) is 77.2 Å². The lowest BCUT2D eigenvalue weighted by Gasteiger charge is -2.24. The van der Waals surface area contributed by atoms with E-state index in [1.807, 2.05) is 60.7 Å². The molecular formula is C76H47N7. The van der Waals surface area contributed by atoms with Crippen molar-refractivity contribution in [3.8, 4) is 90.7 Å². The third-order valence-corrected chi connectivity index (χ3v) is 16.3. The van der Waals surface area contributed by atoms with Crippen molar-refractivity contribution in [1.82, 2.24) is 28.7 Å². The zero-order valence-electron chi connectivity index (χ0n) is 44.8. The lowest BCUT2D eigenvalue weighted by Crippen LogP contribution is -2.07. The number of para-hydroxylation sites is 7. The average Bonchev–Trinajstić information content (AvgIpc) is 3.80. The maximum absolute atomic E-state index is 9.74.